The minimum Gasteiger partial charge on any atom is -0.355 e. The van der Waals surface area contributed by atoms with Gasteiger partial charge in [0.2, 0.25) is 15.9 Å². The number of rotatable bonds is 5. The molecular formula is C16H22F3N3O3S. The molecule has 1 aliphatic heterocycles. The van der Waals surface area contributed by atoms with E-state index in [1.165, 1.54) is 0 Å². The lowest BCUT2D eigenvalue weighted by Gasteiger charge is -2.36. The van der Waals surface area contributed by atoms with Crippen molar-refractivity contribution in [2.24, 2.45) is 0 Å². The van der Waals surface area contributed by atoms with Gasteiger partial charge in [0.1, 0.15) is 0 Å². The van der Waals surface area contributed by atoms with Crippen LogP contribution in [-0.2, 0) is 21.0 Å². The van der Waals surface area contributed by atoms with Gasteiger partial charge in [-0.25, -0.2) is 8.42 Å². The standard InChI is InChI=1S/C16H22F3N3O3S/c1-3-20-15(23)12(2)21-7-9-22(10-8-21)26(24,25)14-6-4-5-13(11-14)16(17,18)19/h4-6,11-12H,3,7-10H2,1-2H3,(H,20,23)/t12-/m1/s1. The van der Waals surface area contributed by atoms with E-state index in [4.69, 9.17) is 0 Å². The number of carbonyl (C=O) groups excluding carboxylic acids is 1. The van der Waals surface area contributed by atoms with Crippen molar-refractivity contribution in [1.29, 1.82) is 0 Å². The van der Waals surface area contributed by atoms with E-state index in [1.54, 1.807) is 6.92 Å². The van der Waals surface area contributed by atoms with Gasteiger partial charge < -0.3 is 5.32 Å². The minimum atomic E-state index is -4.60. The summed E-state index contributed by atoms with van der Waals surface area (Å²) in [6.45, 7) is 4.94. The average Bonchev–Trinajstić information content (AvgIpc) is 2.61. The summed E-state index contributed by atoms with van der Waals surface area (Å²) in [6, 6.07) is 3.34. The molecule has 0 radical (unpaired) electrons. The predicted octanol–water partition coefficient (Wildman–Crippen LogP) is 1.54. The van der Waals surface area contributed by atoms with Crippen molar-refractivity contribution in [1.82, 2.24) is 14.5 Å². The van der Waals surface area contributed by atoms with Crippen LogP contribution in [0.5, 0.6) is 0 Å². The van der Waals surface area contributed by atoms with Gasteiger partial charge in [-0.3, -0.25) is 9.69 Å². The highest BCUT2D eigenvalue weighted by Gasteiger charge is 2.35. The first-order valence-corrected chi connectivity index (χ1v) is 9.70. The lowest BCUT2D eigenvalue weighted by Crippen LogP contribution is -2.54. The van der Waals surface area contributed by atoms with Crippen molar-refractivity contribution in [3.8, 4) is 0 Å². The molecule has 0 saturated carbocycles. The van der Waals surface area contributed by atoms with Crippen molar-refractivity contribution in [3.05, 3.63) is 29.8 Å². The van der Waals surface area contributed by atoms with Crippen LogP contribution in [0.1, 0.15) is 19.4 Å². The quantitative estimate of drug-likeness (QED) is 0.824. The maximum absolute atomic E-state index is 12.8. The third-order valence-electron chi connectivity index (χ3n) is 4.35. The second kappa shape index (κ2) is 7.93. The van der Waals surface area contributed by atoms with Crippen LogP contribution in [0.4, 0.5) is 13.2 Å². The fourth-order valence-electron chi connectivity index (χ4n) is 2.80. The molecule has 0 unspecified atom stereocenters. The molecule has 0 bridgehead atoms. The zero-order valence-corrected chi connectivity index (χ0v) is 15.4. The highest BCUT2D eigenvalue weighted by Crippen LogP contribution is 2.31. The van der Waals surface area contributed by atoms with Crippen molar-refractivity contribution in [3.63, 3.8) is 0 Å². The zero-order valence-electron chi connectivity index (χ0n) is 14.6. The highest BCUT2D eigenvalue weighted by molar-refractivity contribution is 7.89. The second-order valence-electron chi connectivity index (χ2n) is 6.04. The molecule has 1 atom stereocenters. The Kier molecular flexibility index (Phi) is 6.30. The van der Waals surface area contributed by atoms with Crippen molar-refractivity contribution < 1.29 is 26.4 Å². The Balaban J connectivity index is 2.10. The number of nitrogens with zero attached hydrogens (tertiary/aromatic N) is 2. The number of amides is 1. The molecule has 2 rings (SSSR count). The number of carbonyl (C=O) groups is 1. The number of benzene rings is 1. The smallest absolute Gasteiger partial charge is 0.355 e. The molecule has 0 aromatic heterocycles. The predicted molar refractivity (Wildman–Crippen MR) is 89.9 cm³/mol. The first-order chi connectivity index (χ1) is 12.1. The molecule has 1 aliphatic rings. The molecule has 1 heterocycles. The van der Waals surface area contributed by atoms with Crippen LogP contribution in [0.15, 0.2) is 29.2 Å². The maximum atomic E-state index is 12.8. The van der Waals surface area contributed by atoms with Crippen LogP contribution in [0.25, 0.3) is 0 Å². The normalized spacial score (nSPS) is 18.5. The molecule has 1 fully saturated rings. The Hall–Kier alpha value is -1.65. The first kappa shape index (κ1) is 20.7. The highest BCUT2D eigenvalue weighted by atomic mass is 32.2. The summed E-state index contributed by atoms with van der Waals surface area (Å²) in [4.78, 5) is 13.4. The SMILES string of the molecule is CCNC(=O)[C@@H](C)N1CCN(S(=O)(=O)c2cccc(C(F)(F)F)c2)CC1. The number of piperazine rings is 1. The van der Waals surface area contributed by atoms with Gasteiger partial charge in [-0.15, -0.1) is 0 Å². The fourth-order valence-corrected chi connectivity index (χ4v) is 4.27. The number of nitrogens with one attached hydrogen (secondary N) is 1. The first-order valence-electron chi connectivity index (χ1n) is 8.26. The van der Waals surface area contributed by atoms with Gasteiger partial charge in [-0.2, -0.15) is 17.5 Å². The average molecular weight is 393 g/mol. The van der Waals surface area contributed by atoms with Crippen LogP contribution in [0.2, 0.25) is 0 Å². The van der Waals surface area contributed by atoms with Gasteiger partial charge >= 0.3 is 6.18 Å². The summed E-state index contributed by atoms with van der Waals surface area (Å²) >= 11 is 0. The number of halogens is 3. The molecule has 26 heavy (non-hydrogen) atoms. The lowest BCUT2D eigenvalue weighted by atomic mass is 10.2. The van der Waals surface area contributed by atoms with Gasteiger partial charge in [-0.05, 0) is 32.0 Å². The molecule has 1 aromatic rings. The summed E-state index contributed by atoms with van der Waals surface area (Å²) in [7, 11) is -4.02. The van der Waals surface area contributed by atoms with Crippen LogP contribution >= 0.6 is 0 Å². The van der Waals surface area contributed by atoms with Gasteiger partial charge in [0, 0.05) is 32.7 Å². The molecule has 10 heteroatoms. The zero-order chi connectivity index (χ0) is 19.5. The summed E-state index contributed by atoms with van der Waals surface area (Å²) in [5.74, 6) is -0.137. The molecular weight excluding hydrogens is 371 g/mol. The summed E-state index contributed by atoms with van der Waals surface area (Å²) < 4.78 is 64.9. The summed E-state index contributed by atoms with van der Waals surface area (Å²) in [5.41, 5.74) is -0.998. The molecule has 0 spiro atoms. The maximum Gasteiger partial charge on any atom is 0.416 e. The van der Waals surface area contributed by atoms with E-state index in [2.05, 4.69) is 5.32 Å². The monoisotopic (exact) mass is 393 g/mol. The molecule has 146 valence electrons. The van der Waals surface area contributed by atoms with Crippen molar-refractivity contribution >= 4 is 15.9 Å². The number of alkyl halides is 3. The van der Waals surface area contributed by atoms with Gasteiger partial charge in [0.05, 0.1) is 16.5 Å². The van der Waals surface area contributed by atoms with E-state index in [9.17, 15) is 26.4 Å². The van der Waals surface area contributed by atoms with E-state index >= 15 is 0 Å². The third-order valence-corrected chi connectivity index (χ3v) is 6.25. The van der Waals surface area contributed by atoms with Gasteiger partial charge in [0.15, 0.2) is 0 Å². The molecule has 6 nitrogen and oxygen atoms in total. The van der Waals surface area contributed by atoms with Crippen LogP contribution in [0, 0.1) is 0 Å². The van der Waals surface area contributed by atoms with Crippen LogP contribution in [-0.4, -0.2) is 62.3 Å². The Labute approximate surface area is 151 Å². The fraction of sp³-hybridized carbons (Fsp3) is 0.562. The van der Waals surface area contributed by atoms with E-state index < -0.39 is 27.8 Å². The number of hydrogen-bond acceptors (Lipinski definition) is 4. The number of likely N-dealkylation sites (N-methyl/N-ethyl adjacent to an activating group) is 1. The van der Waals surface area contributed by atoms with Crippen molar-refractivity contribution in [2.75, 3.05) is 32.7 Å². The van der Waals surface area contributed by atoms with E-state index in [-0.39, 0.29) is 23.9 Å². The Morgan fingerprint density at radius 1 is 1.23 bits per heavy atom. The lowest BCUT2D eigenvalue weighted by molar-refractivity contribution is -0.137. The molecule has 1 N–H and O–H groups in total. The Morgan fingerprint density at radius 3 is 2.38 bits per heavy atom. The number of sulfonamides is 1. The molecule has 1 aromatic carbocycles. The van der Waals surface area contributed by atoms with Crippen molar-refractivity contribution in [2.45, 2.75) is 31.0 Å². The van der Waals surface area contributed by atoms with E-state index in [0.29, 0.717) is 25.7 Å². The Bertz CT molecular complexity index is 745. The largest absolute Gasteiger partial charge is 0.416 e. The van der Waals surface area contributed by atoms with Crippen LogP contribution < -0.4 is 5.32 Å². The second-order valence-corrected chi connectivity index (χ2v) is 7.97. The molecule has 0 aliphatic carbocycles. The summed E-state index contributed by atoms with van der Waals surface area (Å²) in [5, 5.41) is 2.71. The third kappa shape index (κ3) is 4.54. The van der Waals surface area contributed by atoms with Gasteiger partial charge in [0.25, 0.3) is 0 Å². The van der Waals surface area contributed by atoms with E-state index in [0.717, 1.165) is 22.5 Å². The van der Waals surface area contributed by atoms with Gasteiger partial charge in [-0.1, -0.05) is 6.07 Å². The van der Waals surface area contributed by atoms with Crippen LogP contribution in [0.3, 0.4) is 0 Å². The topological polar surface area (TPSA) is 69.7 Å². The number of hydrogen-bond donors (Lipinski definition) is 1. The Morgan fingerprint density at radius 2 is 1.85 bits per heavy atom. The molecule has 1 saturated heterocycles. The van der Waals surface area contributed by atoms with E-state index in [1.807, 2.05) is 11.8 Å². The minimum absolute atomic E-state index is 0.113. The summed E-state index contributed by atoms with van der Waals surface area (Å²) in [6.07, 6.45) is -4.60. The molecule has 1 amide bonds.